The van der Waals surface area contributed by atoms with Gasteiger partial charge in [0.15, 0.2) is 0 Å². The Hall–Kier alpha value is -0.780. The smallest absolute Gasteiger partial charge is 0.392 e. The molecular formula is C45H93N3O6S. The first-order chi connectivity index (χ1) is 26.5. The average Bonchev–Trinajstić information content (AvgIpc) is 3.52. The molecule has 1 amide bonds. The summed E-state index contributed by atoms with van der Waals surface area (Å²) in [5.41, 5.74) is 0. The van der Waals surface area contributed by atoms with Crippen LogP contribution in [0.1, 0.15) is 233 Å². The molecule has 3 unspecified atom stereocenters. The van der Waals surface area contributed by atoms with Gasteiger partial charge < -0.3 is 10.0 Å². The van der Waals surface area contributed by atoms with E-state index in [4.69, 9.17) is 4.55 Å². The lowest BCUT2D eigenvalue weighted by Crippen LogP contribution is -2.54. The quantitative estimate of drug-likeness (QED) is 0.0472. The normalized spacial score (nSPS) is 16.3. The maximum Gasteiger partial charge on any atom is 0.397 e. The van der Waals surface area contributed by atoms with E-state index < -0.39 is 16.5 Å². The molecule has 1 aliphatic rings. The first-order valence-corrected chi connectivity index (χ1v) is 24.8. The number of rotatable bonds is 37. The van der Waals surface area contributed by atoms with Crippen LogP contribution in [0.4, 0.5) is 0 Å². The van der Waals surface area contributed by atoms with Gasteiger partial charge in [-0.3, -0.25) is 23.3 Å². The molecule has 0 spiro atoms. The summed E-state index contributed by atoms with van der Waals surface area (Å²) in [4.78, 5) is 20.5. The van der Waals surface area contributed by atoms with E-state index in [-0.39, 0.29) is 12.1 Å². The summed E-state index contributed by atoms with van der Waals surface area (Å²) >= 11 is 0. The van der Waals surface area contributed by atoms with Crippen molar-refractivity contribution < 1.29 is 27.1 Å². The van der Waals surface area contributed by atoms with Crippen LogP contribution in [0.25, 0.3) is 0 Å². The predicted molar refractivity (Wildman–Crippen MR) is 234 cm³/mol. The Morgan fingerprint density at radius 1 is 0.636 bits per heavy atom. The third-order valence-corrected chi connectivity index (χ3v) is 12.0. The second kappa shape index (κ2) is 37.5. The van der Waals surface area contributed by atoms with E-state index in [1.807, 2.05) is 11.8 Å². The molecule has 1 heterocycles. The minimum absolute atomic E-state index is 0.0322. The molecule has 9 nitrogen and oxygen atoms in total. The number of aliphatic hydroxyl groups excluding tert-OH is 1. The summed E-state index contributed by atoms with van der Waals surface area (Å²) in [5, 5.41) is 10.3. The molecule has 0 radical (unpaired) electrons. The number of hydrogen-bond donors (Lipinski definition) is 2. The topological polar surface area (TPSA) is 111 Å². The molecule has 0 aliphatic carbocycles. The van der Waals surface area contributed by atoms with Gasteiger partial charge >= 0.3 is 10.4 Å². The molecular weight excluding hydrogens is 711 g/mol. The molecule has 0 bridgehead atoms. The van der Waals surface area contributed by atoms with Crippen LogP contribution in [-0.2, 0) is 19.4 Å². The van der Waals surface area contributed by atoms with Crippen LogP contribution in [0.15, 0.2) is 0 Å². The molecule has 55 heavy (non-hydrogen) atoms. The zero-order valence-electron chi connectivity index (χ0n) is 37.3. The first-order valence-electron chi connectivity index (χ1n) is 23.4. The van der Waals surface area contributed by atoms with Crippen LogP contribution < -0.4 is 0 Å². The zero-order chi connectivity index (χ0) is 41.0. The summed E-state index contributed by atoms with van der Waals surface area (Å²) < 4.78 is 29.7. The lowest BCUT2D eigenvalue weighted by Gasteiger charge is -2.40. The fourth-order valence-corrected chi connectivity index (χ4v) is 8.06. The Kier molecular flexibility index (Phi) is 37.0. The van der Waals surface area contributed by atoms with Gasteiger partial charge in [0.05, 0.1) is 25.5 Å². The van der Waals surface area contributed by atoms with Gasteiger partial charge in [-0.05, 0) is 33.7 Å². The SMILES string of the molecule is CCCCCCCCCCCCCCCCCC(=O)N(CC(C)O)C(C)N1CCN(C)C1CCCCCCCCCCCCCCCCC.COS(=O)(=O)O. The van der Waals surface area contributed by atoms with Gasteiger partial charge in [-0.15, -0.1) is 0 Å². The van der Waals surface area contributed by atoms with Crippen molar-refractivity contribution in [3.8, 4) is 0 Å². The van der Waals surface area contributed by atoms with Crippen LogP contribution >= 0.6 is 0 Å². The fraction of sp³-hybridized carbons (Fsp3) is 0.978. The van der Waals surface area contributed by atoms with E-state index in [1.165, 1.54) is 186 Å². The number of carbonyl (C=O) groups excluding carboxylic acids is 1. The molecule has 0 aromatic carbocycles. The average molecular weight is 804 g/mol. The lowest BCUT2D eigenvalue weighted by molar-refractivity contribution is -0.140. The van der Waals surface area contributed by atoms with Crippen LogP contribution in [0.5, 0.6) is 0 Å². The van der Waals surface area contributed by atoms with Crippen molar-refractivity contribution in [2.24, 2.45) is 0 Å². The fourth-order valence-electron chi connectivity index (χ4n) is 8.06. The van der Waals surface area contributed by atoms with Crippen molar-refractivity contribution in [1.29, 1.82) is 0 Å². The van der Waals surface area contributed by atoms with E-state index in [0.29, 0.717) is 19.1 Å². The Morgan fingerprint density at radius 2 is 0.964 bits per heavy atom. The second-order valence-corrected chi connectivity index (χ2v) is 17.9. The first kappa shape index (κ1) is 54.2. The van der Waals surface area contributed by atoms with Crippen molar-refractivity contribution in [3.05, 3.63) is 0 Å². The highest BCUT2D eigenvalue weighted by molar-refractivity contribution is 7.80. The summed E-state index contributed by atoms with van der Waals surface area (Å²) in [6.07, 6.45) is 42.8. The van der Waals surface area contributed by atoms with Crippen molar-refractivity contribution in [1.82, 2.24) is 14.7 Å². The predicted octanol–water partition coefficient (Wildman–Crippen LogP) is 12.1. The highest BCUT2D eigenvalue weighted by Gasteiger charge is 2.36. The summed E-state index contributed by atoms with van der Waals surface area (Å²) in [6.45, 7) is 11.1. The molecule has 1 saturated heterocycles. The van der Waals surface area contributed by atoms with Gasteiger partial charge in [-0.25, -0.2) is 0 Å². The number of carbonyl (C=O) groups is 1. The van der Waals surface area contributed by atoms with E-state index in [2.05, 4.69) is 41.8 Å². The molecule has 0 aromatic heterocycles. The molecule has 10 heteroatoms. The number of hydrogen-bond acceptors (Lipinski definition) is 7. The summed E-state index contributed by atoms with van der Waals surface area (Å²) in [5.74, 6) is 0.225. The maximum absolute atomic E-state index is 13.5. The molecule has 0 saturated carbocycles. The minimum atomic E-state index is -4.16. The van der Waals surface area contributed by atoms with Gasteiger partial charge in [0.2, 0.25) is 5.91 Å². The summed E-state index contributed by atoms with van der Waals surface area (Å²) in [6, 6.07) is 0. The molecule has 1 rings (SSSR count). The Morgan fingerprint density at radius 3 is 1.29 bits per heavy atom. The number of amides is 1. The zero-order valence-corrected chi connectivity index (χ0v) is 38.1. The second-order valence-electron chi connectivity index (χ2n) is 16.8. The van der Waals surface area contributed by atoms with Crippen LogP contribution in [0.2, 0.25) is 0 Å². The standard InChI is InChI=1S/C44H89N3O2.CH4O4S/c1-6-8-10-12-14-16-18-20-22-24-26-28-30-32-34-36-43-45(5)38-39-46(43)42(4)47(40-41(3)48)44(49)37-35-33-31-29-27-25-23-21-19-17-15-13-11-9-7-2;1-5-6(2,3)4/h41-43,48H,6-40H2,1-5H3;1H3,(H,2,3,4). The Balaban J connectivity index is 0.00000447. The maximum atomic E-state index is 13.5. The molecule has 330 valence electrons. The Bertz CT molecular complexity index is 953. The highest BCUT2D eigenvalue weighted by atomic mass is 32.3. The van der Waals surface area contributed by atoms with Gasteiger partial charge in [0.1, 0.15) is 0 Å². The van der Waals surface area contributed by atoms with Gasteiger partial charge in [-0.1, -0.05) is 200 Å². The number of nitrogens with zero attached hydrogens (tertiary/aromatic N) is 3. The Labute approximate surface area is 342 Å². The van der Waals surface area contributed by atoms with Crippen molar-refractivity contribution in [2.75, 3.05) is 33.8 Å². The van der Waals surface area contributed by atoms with Crippen molar-refractivity contribution >= 4 is 16.3 Å². The molecule has 0 aromatic rings. The largest absolute Gasteiger partial charge is 0.397 e. The van der Waals surface area contributed by atoms with Crippen molar-refractivity contribution in [3.63, 3.8) is 0 Å². The third kappa shape index (κ3) is 32.8. The third-order valence-electron chi connectivity index (χ3n) is 11.6. The molecule has 1 aliphatic heterocycles. The van der Waals surface area contributed by atoms with Crippen LogP contribution in [0, 0.1) is 0 Å². The minimum Gasteiger partial charge on any atom is -0.392 e. The highest BCUT2D eigenvalue weighted by Crippen LogP contribution is 2.25. The number of unbranched alkanes of at least 4 members (excludes halogenated alkanes) is 28. The lowest BCUT2D eigenvalue weighted by atomic mass is 10.0. The van der Waals surface area contributed by atoms with Crippen LogP contribution in [-0.4, -0.2) is 90.9 Å². The van der Waals surface area contributed by atoms with Gasteiger partial charge in [0, 0.05) is 26.1 Å². The summed E-state index contributed by atoms with van der Waals surface area (Å²) in [7, 11) is -1.04. The van der Waals surface area contributed by atoms with E-state index in [9.17, 15) is 18.3 Å². The van der Waals surface area contributed by atoms with Crippen molar-refractivity contribution in [2.45, 2.75) is 252 Å². The molecule has 1 fully saturated rings. The van der Waals surface area contributed by atoms with E-state index in [0.717, 1.165) is 33.0 Å². The van der Waals surface area contributed by atoms with E-state index >= 15 is 0 Å². The number of aliphatic hydroxyl groups is 1. The monoisotopic (exact) mass is 804 g/mol. The molecule has 2 N–H and O–H groups in total. The van der Waals surface area contributed by atoms with Crippen LogP contribution in [0.3, 0.4) is 0 Å². The number of likely N-dealkylation sites (N-methyl/N-ethyl adjacent to an activating group) is 1. The molecule has 3 atom stereocenters. The van der Waals surface area contributed by atoms with E-state index in [1.54, 1.807) is 0 Å². The van der Waals surface area contributed by atoms with Gasteiger partial charge in [0.25, 0.3) is 0 Å². The van der Waals surface area contributed by atoms with Gasteiger partial charge in [-0.2, -0.15) is 8.42 Å².